The Labute approximate surface area is 169 Å². The van der Waals surface area contributed by atoms with Gasteiger partial charge in [-0.1, -0.05) is 35.0 Å². The molecule has 0 fully saturated rings. The molecule has 0 aliphatic heterocycles. The van der Waals surface area contributed by atoms with Gasteiger partial charge in [0.25, 0.3) is 0 Å². The first kappa shape index (κ1) is 19.7. The van der Waals surface area contributed by atoms with Crippen LogP contribution < -0.4 is 5.32 Å². The van der Waals surface area contributed by atoms with Gasteiger partial charge in [-0.15, -0.1) is 10.2 Å². The fourth-order valence-electron chi connectivity index (χ4n) is 2.45. The van der Waals surface area contributed by atoms with Crippen LogP contribution in [0.4, 0.5) is 10.1 Å². The molecular formula is C18H15Cl2FN4OS. The molecule has 0 aliphatic rings. The number of nitrogens with one attached hydrogen (secondary N) is 1. The smallest absolute Gasteiger partial charge is 0.234 e. The average Bonchev–Trinajstić information content (AvgIpc) is 3.02. The maximum atomic E-state index is 13.1. The highest BCUT2D eigenvalue weighted by molar-refractivity contribution is 7.99. The van der Waals surface area contributed by atoms with Crippen molar-refractivity contribution in [2.75, 3.05) is 11.1 Å². The van der Waals surface area contributed by atoms with Crippen molar-refractivity contribution in [1.82, 2.24) is 14.8 Å². The van der Waals surface area contributed by atoms with Gasteiger partial charge in [0, 0.05) is 27.8 Å². The van der Waals surface area contributed by atoms with E-state index in [1.54, 1.807) is 30.3 Å². The Kier molecular flexibility index (Phi) is 6.36. The molecule has 1 aromatic heterocycles. The number of rotatable bonds is 6. The van der Waals surface area contributed by atoms with E-state index in [2.05, 4.69) is 15.5 Å². The predicted octanol–water partition coefficient (Wildman–Crippen LogP) is 5.14. The number of carbonyl (C=O) groups is 1. The molecule has 0 aliphatic carbocycles. The summed E-state index contributed by atoms with van der Waals surface area (Å²) in [5, 5.41) is 12.6. The summed E-state index contributed by atoms with van der Waals surface area (Å²) in [4.78, 5) is 12.2. The average molecular weight is 425 g/mol. The summed E-state index contributed by atoms with van der Waals surface area (Å²) >= 11 is 13.1. The Bertz CT molecular complexity index is 942. The number of carbonyl (C=O) groups excluding carboxylic acids is 1. The summed E-state index contributed by atoms with van der Waals surface area (Å²) in [6.45, 7) is 2.57. The van der Waals surface area contributed by atoms with E-state index in [1.165, 1.54) is 23.9 Å². The van der Waals surface area contributed by atoms with Crippen LogP contribution in [0.25, 0.3) is 11.4 Å². The minimum Gasteiger partial charge on any atom is -0.325 e. The second kappa shape index (κ2) is 8.73. The van der Waals surface area contributed by atoms with Crippen molar-refractivity contribution in [3.05, 3.63) is 58.3 Å². The van der Waals surface area contributed by atoms with E-state index in [9.17, 15) is 9.18 Å². The summed E-state index contributed by atoms with van der Waals surface area (Å²) in [6, 6.07) is 10.9. The van der Waals surface area contributed by atoms with Gasteiger partial charge in [0.2, 0.25) is 5.91 Å². The summed E-state index contributed by atoms with van der Waals surface area (Å²) in [7, 11) is 0. The molecule has 3 aromatic rings. The van der Waals surface area contributed by atoms with Gasteiger partial charge in [-0.3, -0.25) is 4.79 Å². The van der Waals surface area contributed by atoms with E-state index < -0.39 is 0 Å². The van der Waals surface area contributed by atoms with Crippen molar-refractivity contribution in [2.24, 2.45) is 0 Å². The fourth-order valence-corrected chi connectivity index (χ4v) is 3.77. The Morgan fingerprint density at radius 3 is 2.44 bits per heavy atom. The lowest BCUT2D eigenvalue weighted by Gasteiger charge is -2.08. The first-order valence-corrected chi connectivity index (χ1v) is 9.78. The molecule has 140 valence electrons. The molecule has 27 heavy (non-hydrogen) atoms. The van der Waals surface area contributed by atoms with Crippen molar-refractivity contribution < 1.29 is 9.18 Å². The SMILES string of the molecule is CCn1c(SCC(=O)Nc2cc(Cl)cc(Cl)c2)nnc1-c1ccc(F)cc1. The summed E-state index contributed by atoms with van der Waals surface area (Å²) < 4.78 is 15.0. The lowest BCUT2D eigenvalue weighted by Crippen LogP contribution is -2.14. The Balaban J connectivity index is 1.69. The lowest BCUT2D eigenvalue weighted by atomic mass is 10.2. The first-order chi connectivity index (χ1) is 13.0. The number of amides is 1. The zero-order valence-electron chi connectivity index (χ0n) is 14.2. The fraction of sp³-hybridized carbons (Fsp3) is 0.167. The summed E-state index contributed by atoms with van der Waals surface area (Å²) in [5.74, 6) is 0.245. The van der Waals surface area contributed by atoms with E-state index in [4.69, 9.17) is 23.2 Å². The summed E-state index contributed by atoms with van der Waals surface area (Å²) in [5.41, 5.74) is 1.29. The van der Waals surface area contributed by atoms with E-state index in [-0.39, 0.29) is 17.5 Å². The van der Waals surface area contributed by atoms with Crippen LogP contribution in [0.15, 0.2) is 47.6 Å². The predicted molar refractivity (Wildman–Crippen MR) is 107 cm³/mol. The zero-order chi connectivity index (χ0) is 19.4. The third kappa shape index (κ3) is 5.00. The van der Waals surface area contributed by atoms with Crippen LogP contribution in [-0.4, -0.2) is 26.4 Å². The minimum atomic E-state index is -0.311. The van der Waals surface area contributed by atoms with Crippen molar-refractivity contribution in [3.8, 4) is 11.4 Å². The van der Waals surface area contributed by atoms with Gasteiger partial charge in [0.05, 0.1) is 5.75 Å². The molecule has 3 rings (SSSR count). The molecule has 2 aromatic carbocycles. The standard InChI is InChI=1S/C18H15Cl2FN4OS/c1-2-25-17(11-3-5-14(21)6-4-11)23-24-18(25)27-10-16(26)22-15-8-12(19)7-13(20)9-15/h3-9H,2,10H2,1H3,(H,22,26). The van der Waals surface area contributed by atoms with E-state index in [0.29, 0.717) is 33.3 Å². The molecule has 0 unspecified atom stereocenters. The number of aromatic nitrogens is 3. The molecule has 1 N–H and O–H groups in total. The largest absolute Gasteiger partial charge is 0.325 e. The summed E-state index contributed by atoms with van der Waals surface area (Å²) in [6.07, 6.45) is 0. The topological polar surface area (TPSA) is 59.8 Å². The third-order valence-electron chi connectivity index (χ3n) is 3.61. The van der Waals surface area contributed by atoms with Crippen molar-refractivity contribution >= 4 is 46.6 Å². The highest BCUT2D eigenvalue weighted by Gasteiger charge is 2.15. The van der Waals surface area contributed by atoms with Crippen LogP contribution in [0.1, 0.15) is 6.92 Å². The van der Waals surface area contributed by atoms with Crippen LogP contribution in [0.5, 0.6) is 0 Å². The van der Waals surface area contributed by atoms with Crippen LogP contribution >= 0.6 is 35.0 Å². The maximum Gasteiger partial charge on any atom is 0.234 e. The number of nitrogens with zero attached hydrogens (tertiary/aromatic N) is 3. The van der Waals surface area contributed by atoms with Gasteiger partial charge in [0.15, 0.2) is 11.0 Å². The number of anilines is 1. The van der Waals surface area contributed by atoms with Crippen molar-refractivity contribution in [2.45, 2.75) is 18.6 Å². The monoisotopic (exact) mass is 424 g/mol. The molecule has 5 nitrogen and oxygen atoms in total. The number of benzene rings is 2. The van der Waals surface area contributed by atoms with Gasteiger partial charge in [-0.25, -0.2) is 4.39 Å². The number of thioether (sulfide) groups is 1. The number of hydrogen-bond donors (Lipinski definition) is 1. The van der Waals surface area contributed by atoms with Crippen LogP contribution in [0, 0.1) is 5.82 Å². The Hall–Kier alpha value is -2.09. The van der Waals surface area contributed by atoms with E-state index >= 15 is 0 Å². The van der Waals surface area contributed by atoms with E-state index in [1.807, 2.05) is 11.5 Å². The van der Waals surface area contributed by atoms with E-state index in [0.717, 1.165) is 5.56 Å². The highest BCUT2D eigenvalue weighted by atomic mass is 35.5. The molecule has 0 saturated heterocycles. The van der Waals surface area contributed by atoms with Gasteiger partial charge >= 0.3 is 0 Å². The Morgan fingerprint density at radius 1 is 1.15 bits per heavy atom. The number of hydrogen-bond acceptors (Lipinski definition) is 4. The quantitative estimate of drug-likeness (QED) is 0.556. The second-order valence-corrected chi connectivity index (χ2v) is 7.37. The molecule has 0 saturated carbocycles. The maximum absolute atomic E-state index is 13.1. The van der Waals surface area contributed by atoms with Crippen LogP contribution in [0.3, 0.4) is 0 Å². The van der Waals surface area contributed by atoms with Gasteiger partial charge in [-0.2, -0.15) is 0 Å². The zero-order valence-corrected chi connectivity index (χ0v) is 16.6. The Morgan fingerprint density at radius 2 is 1.81 bits per heavy atom. The van der Waals surface area contributed by atoms with Gasteiger partial charge in [-0.05, 0) is 49.4 Å². The van der Waals surface area contributed by atoms with Gasteiger partial charge in [0.1, 0.15) is 5.82 Å². The second-order valence-electron chi connectivity index (χ2n) is 5.55. The lowest BCUT2D eigenvalue weighted by molar-refractivity contribution is -0.113. The molecule has 0 radical (unpaired) electrons. The normalized spacial score (nSPS) is 10.8. The minimum absolute atomic E-state index is 0.145. The van der Waals surface area contributed by atoms with Crippen LogP contribution in [-0.2, 0) is 11.3 Å². The molecule has 9 heteroatoms. The molecule has 0 spiro atoms. The molecule has 1 amide bonds. The third-order valence-corrected chi connectivity index (χ3v) is 5.02. The molecule has 0 atom stereocenters. The molecular weight excluding hydrogens is 410 g/mol. The number of halogens is 3. The molecule has 0 bridgehead atoms. The van der Waals surface area contributed by atoms with Crippen LogP contribution in [0.2, 0.25) is 10.0 Å². The highest BCUT2D eigenvalue weighted by Crippen LogP contribution is 2.25. The van der Waals surface area contributed by atoms with Crippen molar-refractivity contribution in [1.29, 1.82) is 0 Å². The molecule has 1 heterocycles. The van der Waals surface area contributed by atoms with Gasteiger partial charge < -0.3 is 9.88 Å². The first-order valence-electron chi connectivity index (χ1n) is 8.04. The van der Waals surface area contributed by atoms with Crippen molar-refractivity contribution in [3.63, 3.8) is 0 Å².